The van der Waals surface area contributed by atoms with Crippen molar-refractivity contribution < 1.29 is 4.79 Å². The SMILES string of the molecule is CCCC[C@H]1CN(C(=O)c2cccc3ccccc23)CCN1Cc1cccnc1.Cl.Cl. The van der Waals surface area contributed by atoms with E-state index in [2.05, 4.69) is 46.0 Å². The van der Waals surface area contributed by atoms with Gasteiger partial charge in [-0.3, -0.25) is 14.7 Å². The highest BCUT2D eigenvalue weighted by molar-refractivity contribution is 6.07. The summed E-state index contributed by atoms with van der Waals surface area (Å²) in [5, 5.41) is 2.17. The molecule has 0 bridgehead atoms. The summed E-state index contributed by atoms with van der Waals surface area (Å²) >= 11 is 0. The summed E-state index contributed by atoms with van der Waals surface area (Å²) in [5.74, 6) is 0.157. The Kier molecular flexibility index (Phi) is 9.76. The number of hydrogen-bond donors (Lipinski definition) is 0. The van der Waals surface area contributed by atoms with Crippen LogP contribution in [-0.4, -0.2) is 46.4 Å². The number of fused-ring (bicyclic) bond motifs is 1. The normalized spacial score (nSPS) is 16.4. The Bertz CT molecular complexity index is 962. The van der Waals surface area contributed by atoms with Gasteiger partial charge in [0.25, 0.3) is 5.91 Å². The summed E-state index contributed by atoms with van der Waals surface area (Å²) < 4.78 is 0. The summed E-state index contributed by atoms with van der Waals surface area (Å²) in [6, 6.07) is 18.7. The number of rotatable bonds is 6. The number of aromatic nitrogens is 1. The quantitative estimate of drug-likeness (QED) is 0.481. The lowest BCUT2D eigenvalue weighted by Gasteiger charge is -2.41. The van der Waals surface area contributed by atoms with E-state index < -0.39 is 0 Å². The molecule has 2 heterocycles. The van der Waals surface area contributed by atoms with E-state index in [1.165, 1.54) is 18.4 Å². The minimum absolute atomic E-state index is 0. The molecule has 31 heavy (non-hydrogen) atoms. The van der Waals surface area contributed by atoms with Crippen molar-refractivity contribution >= 4 is 41.5 Å². The number of nitrogens with zero attached hydrogens (tertiary/aromatic N) is 3. The molecule has 6 heteroatoms. The minimum atomic E-state index is 0. The zero-order valence-corrected chi connectivity index (χ0v) is 19.6. The van der Waals surface area contributed by atoms with Crippen molar-refractivity contribution in [2.75, 3.05) is 19.6 Å². The molecule has 1 atom stereocenters. The molecule has 3 aromatic rings. The molecular weight excluding hydrogens is 429 g/mol. The molecule has 2 aromatic carbocycles. The number of benzene rings is 2. The molecular formula is C25H31Cl2N3O. The minimum Gasteiger partial charge on any atom is -0.336 e. The molecule has 1 aromatic heterocycles. The maximum Gasteiger partial charge on any atom is 0.254 e. The van der Waals surface area contributed by atoms with Crippen LogP contribution in [0, 0.1) is 0 Å². The van der Waals surface area contributed by atoms with Crippen LogP contribution >= 0.6 is 24.8 Å². The molecule has 1 saturated heterocycles. The average Bonchev–Trinajstić information content (AvgIpc) is 2.78. The highest BCUT2D eigenvalue weighted by Gasteiger charge is 2.30. The molecule has 1 aliphatic heterocycles. The van der Waals surface area contributed by atoms with Gasteiger partial charge < -0.3 is 4.90 Å². The lowest BCUT2D eigenvalue weighted by Crippen LogP contribution is -2.54. The Morgan fingerprint density at radius 3 is 2.61 bits per heavy atom. The standard InChI is InChI=1S/C25H29N3O.2ClH/c1-2-3-11-22-19-28(16-15-27(22)18-20-8-7-14-26-17-20)25(29)24-13-6-10-21-9-4-5-12-23(21)24;;/h4-10,12-14,17,22H,2-3,11,15-16,18-19H2,1H3;2*1H/t22-;;/m0../s1. The first-order valence-electron chi connectivity index (χ1n) is 10.7. The van der Waals surface area contributed by atoms with Crippen LogP contribution in [0.15, 0.2) is 67.0 Å². The van der Waals surface area contributed by atoms with E-state index in [0.717, 1.165) is 48.9 Å². The second kappa shape index (κ2) is 12.0. The van der Waals surface area contributed by atoms with E-state index in [-0.39, 0.29) is 30.7 Å². The van der Waals surface area contributed by atoms with Crippen molar-refractivity contribution in [2.24, 2.45) is 0 Å². The number of carbonyl (C=O) groups is 1. The van der Waals surface area contributed by atoms with Gasteiger partial charge in [0.2, 0.25) is 0 Å². The van der Waals surface area contributed by atoms with E-state index in [0.29, 0.717) is 6.04 Å². The largest absolute Gasteiger partial charge is 0.336 e. The van der Waals surface area contributed by atoms with Crippen molar-refractivity contribution in [1.82, 2.24) is 14.8 Å². The monoisotopic (exact) mass is 459 g/mol. The number of carbonyl (C=O) groups excluding carboxylic acids is 1. The smallest absolute Gasteiger partial charge is 0.254 e. The van der Waals surface area contributed by atoms with E-state index >= 15 is 0 Å². The third kappa shape index (κ3) is 5.97. The highest BCUT2D eigenvalue weighted by Crippen LogP contribution is 2.23. The lowest BCUT2D eigenvalue weighted by atomic mass is 10.0. The lowest BCUT2D eigenvalue weighted by molar-refractivity contribution is 0.0436. The molecule has 0 aliphatic carbocycles. The number of piperazine rings is 1. The van der Waals surface area contributed by atoms with Crippen molar-refractivity contribution in [3.63, 3.8) is 0 Å². The molecule has 0 radical (unpaired) electrons. The van der Waals surface area contributed by atoms with Gasteiger partial charge in [-0.1, -0.05) is 62.2 Å². The van der Waals surface area contributed by atoms with Crippen LogP contribution in [0.3, 0.4) is 0 Å². The molecule has 0 spiro atoms. The van der Waals surface area contributed by atoms with Gasteiger partial charge >= 0.3 is 0 Å². The van der Waals surface area contributed by atoms with Gasteiger partial charge in [0.05, 0.1) is 0 Å². The molecule has 1 aliphatic rings. The summed E-state index contributed by atoms with van der Waals surface area (Å²) in [4.78, 5) is 22.2. The Morgan fingerprint density at radius 2 is 1.84 bits per heavy atom. The van der Waals surface area contributed by atoms with Crippen molar-refractivity contribution in [3.8, 4) is 0 Å². The molecule has 166 valence electrons. The number of hydrogen-bond acceptors (Lipinski definition) is 3. The third-order valence-electron chi connectivity index (χ3n) is 5.91. The Labute approximate surface area is 197 Å². The number of halogens is 2. The van der Waals surface area contributed by atoms with Crippen LogP contribution in [0.25, 0.3) is 10.8 Å². The van der Waals surface area contributed by atoms with E-state index in [4.69, 9.17) is 0 Å². The molecule has 0 unspecified atom stereocenters. The molecule has 4 rings (SSSR count). The molecule has 1 amide bonds. The zero-order valence-electron chi connectivity index (χ0n) is 17.9. The fraction of sp³-hybridized carbons (Fsp3) is 0.360. The van der Waals surface area contributed by atoms with Crippen molar-refractivity contribution in [2.45, 2.75) is 38.8 Å². The second-order valence-electron chi connectivity index (χ2n) is 7.91. The van der Waals surface area contributed by atoms with Crippen LogP contribution in [0.4, 0.5) is 0 Å². The van der Waals surface area contributed by atoms with E-state index in [1.54, 1.807) is 0 Å². The summed E-state index contributed by atoms with van der Waals surface area (Å²) in [6.07, 6.45) is 7.25. The number of amides is 1. The summed E-state index contributed by atoms with van der Waals surface area (Å²) in [5.41, 5.74) is 2.06. The first kappa shape index (κ1) is 25.1. The van der Waals surface area contributed by atoms with E-state index in [1.807, 2.05) is 42.7 Å². The maximum atomic E-state index is 13.4. The fourth-order valence-electron chi connectivity index (χ4n) is 4.31. The van der Waals surface area contributed by atoms with Crippen molar-refractivity contribution in [3.05, 3.63) is 78.1 Å². The van der Waals surface area contributed by atoms with Gasteiger partial charge in [-0.25, -0.2) is 0 Å². The van der Waals surface area contributed by atoms with Crippen molar-refractivity contribution in [1.29, 1.82) is 0 Å². The van der Waals surface area contributed by atoms with Crippen LogP contribution in [0.2, 0.25) is 0 Å². The van der Waals surface area contributed by atoms with Crippen LogP contribution in [0.1, 0.15) is 42.1 Å². The second-order valence-corrected chi connectivity index (χ2v) is 7.91. The Hall–Kier alpha value is -2.14. The summed E-state index contributed by atoms with van der Waals surface area (Å²) in [6.45, 7) is 5.60. The molecule has 0 N–H and O–H groups in total. The topological polar surface area (TPSA) is 36.4 Å². The van der Waals surface area contributed by atoms with Gasteiger partial charge in [0.15, 0.2) is 0 Å². The molecule has 1 fully saturated rings. The predicted molar refractivity (Wildman–Crippen MR) is 132 cm³/mol. The first-order valence-corrected chi connectivity index (χ1v) is 10.7. The highest BCUT2D eigenvalue weighted by atomic mass is 35.5. The van der Waals surface area contributed by atoms with Crippen LogP contribution in [0.5, 0.6) is 0 Å². The zero-order chi connectivity index (χ0) is 20.1. The Balaban J connectivity index is 0.00000171. The van der Waals surface area contributed by atoms with E-state index in [9.17, 15) is 4.79 Å². The van der Waals surface area contributed by atoms with Crippen LogP contribution in [-0.2, 0) is 6.54 Å². The van der Waals surface area contributed by atoms with Gasteiger partial charge in [-0.15, -0.1) is 24.8 Å². The van der Waals surface area contributed by atoms with Gasteiger partial charge in [0, 0.05) is 50.2 Å². The van der Waals surface area contributed by atoms with Gasteiger partial charge in [-0.05, 0) is 34.9 Å². The van der Waals surface area contributed by atoms with Crippen LogP contribution < -0.4 is 0 Å². The third-order valence-corrected chi connectivity index (χ3v) is 5.91. The van der Waals surface area contributed by atoms with Gasteiger partial charge in [-0.2, -0.15) is 0 Å². The predicted octanol–water partition coefficient (Wildman–Crippen LogP) is 5.60. The first-order chi connectivity index (χ1) is 14.3. The molecule has 4 nitrogen and oxygen atoms in total. The van der Waals surface area contributed by atoms with Gasteiger partial charge in [0.1, 0.15) is 0 Å². The Morgan fingerprint density at radius 1 is 1.03 bits per heavy atom. The average molecular weight is 460 g/mol. The summed E-state index contributed by atoms with van der Waals surface area (Å²) in [7, 11) is 0. The maximum absolute atomic E-state index is 13.4. The number of pyridine rings is 1. The molecule has 0 saturated carbocycles. The fourth-order valence-corrected chi connectivity index (χ4v) is 4.31. The number of unbranched alkanes of at least 4 members (excludes halogenated alkanes) is 1.